The van der Waals surface area contributed by atoms with E-state index in [0.717, 1.165) is 6.26 Å². The normalized spacial score (nSPS) is 12.8. The first-order valence-corrected chi connectivity index (χ1v) is 8.70. The summed E-state index contributed by atoms with van der Waals surface area (Å²) in [7, 11) is -5.10. The predicted octanol–water partition coefficient (Wildman–Crippen LogP) is -1.39. The number of hydrogen-bond donors (Lipinski definition) is 1. The summed E-state index contributed by atoms with van der Waals surface area (Å²) < 4.78 is 56.1. The molecule has 0 saturated carbocycles. The Morgan fingerprint density at radius 2 is 1.65 bits per heavy atom. The van der Waals surface area contributed by atoms with Gasteiger partial charge in [0.2, 0.25) is 10.0 Å². The highest BCUT2D eigenvalue weighted by Crippen LogP contribution is 1.87. The molecule has 7 nitrogen and oxygen atoms in total. The summed E-state index contributed by atoms with van der Waals surface area (Å²) >= 11 is 0. The van der Waals surface area contributed by atoms with E-state index in [4.69, 9.17) is 9.47 Å². The molecule has 0 saturated heterocycles. The Labute approximate surface area is 102 Å². The molecule has 0 aliphatic rings. The van der Waals surface area contributed by atoms with Crippen molar-refractivity contribution in [3.05, 3.63) is 0 Å². The van der Waals surface area contributed by atoms with Gasteiger partial charge in [-0.25, -0.2) is 21.6 Å². The van der Waals surface area contributed by atoms with Crippen molar-refractivity contribution in [1.82, 2.24) is 4.72 Å². The molecule has 0 atom stereocenters. The number of nitrogens with one attached hydrogen (secondary N) is 1. The van der Waals surface area contributed by atoms with Crippen LogP contribution in [0.2, 0.25) is 0 Å². The fourth-order valence-electron chi connectivity index (χ4n) is 0.868. The average Bonchev–Trinajstić information content (AvgIpc) is 2.14. The SMILES string of the molecule is COCCOCCS(=O)(=O)NCCS(C)(=O)=O. The highest BCUT2D eigenvalue weighted by Gasteiger charge is 2.11. The maximum atomic E-state index is 11.3. The molecule has 0 amide bonds. The van der Waals surface area contributed by atoms with E-state index in [2.05, 4.69) is 4.72 Å². The minimum Gasteiger partial charge on any atom is -0.382 e. The smallest absolute Gasteiger partial charge is 0.213 e. The molecular weight excluding hydrogens is 270 g/mol. The first-order chi connectivity index (χ1) is 7.77. The topological polar surface area (TPSA) is 98.8 Å². The minimum atomic E-state index is -3.47. The molecule has 17 heavy (non-hydrogen) atoms. The summed E-state index contributed by atoms with van der Waals surface area (Å²) in [6.07, 6.45) is 1.05. The van der Waals surface area contributed by atoms with Crippen LogP contribution in [0.25, 0.3) is 0 Å². The zero-order valence-electron chi connectivity index (χ0n) is 10.0. The van der Waals surface area contributed by atoms with Crippen LogP contribution in [0.15, 0.2) is 0 Å². The Balaban J connectivity index is 3.74. The lowest BCUT2D eigenvalue weighted by atomic mass is 10.7. The van der Waals surface area contributed by atoms with Crippen LogP contribution in [0, 0.1) is 0 Å². The third kappa shape index (κ3) is 12.0. The Bertz CT molecular complexity index is 388. The van der Waals surface area contributed by atoms with E-state index in [9.17, 15) is 16.8 Å². The monoisotopic (exact) mass is 289 g/mol. The van der Waals surface area contributed by atoms with Gasteiger partial charge in [-0.05, 0) is 0 Å². The molecule has 0 rings (SSSR count). The molecule has 0 aromatic rings. The number of sulfone groups is 1. The van der Waals surface area contributed by atoms with Crippen molar-refractivity contribution in [2.75, 3.05) is 51.2 Å². The predicted molar refractivity (Wildman–Crippen MR) is 64.2 cm³/mol. The maximum absolute atomic E-state index is 11.3. The molecule has 0 aliphatic carbocycles. The molecule has 9 heteroatoms. The van der Waals surface area contributed by atoms with Crippen molar-refractivity contribution in [1.29, 1.82) is 0 Å². The maximum Gasteiger partial charge on any atom is 0.213 e. The molecule has 0 radical (unpaired) electrons. The van der Waals surface area contributed by atoms with Crippen LogP contribution < -0.4 is 4.72 Å². The van der Waals surface area contributed by atoms with Gasteiger partial charge in [-0.1, -0.05) is 0 Å². The van der Waals surface area contributed by atoms with Crippen molar-refractivity contribution >= 4 is 19.9 Å². The quantitative estimate of drug-likeness (QED) is 0.497. The molecule has 0 aromatic carbocycles. The van der Waals surface area contributed by atoms with Crippen molar-refractivity contribution in [3.63, 3.8) is 0 Å². The molecular formula is C8H19NO6S2. The summed E-state index contributed by atoms with van der Waals surface area (Å²) in [6, 6.07) is 0. The van der Waals surface area contributed by atoms with Crippen LogP contribution in [0.4, 0.5) is 0 Å². The molecule has 0 aromatic heterocycles. The number of sulfonamides is 1. The third-order valence-corrected chi connectivity index (χ3v) is 4.02. The van der Waals surface area contributed by atoms with Gasteiger partial charge in [0.15, 0.2) is 0 Å². The van der Waals surface area contributed by atoms with Gasteiger partial charge in [-0.2, -0.15) is 0 Å². The van der Waals surface area contributed by atoms with Gasteiger partial charge < -0.3 is 9.47 Å². The van der Waals surface area contributed by atoms with Gasteiger partial charge >= 0.3 is 0 Å². The molecule has 0 unspecified atom stereocenters. The van der Waals surface area contributed by atoms with Gasteiger partial charge in [0, 0.05) is 19.9 Å². The molecule has 0 heterocycles. The number of ether oxygens (including phenoxy) is 2. The molecule has 0 bridgehead atoms. The number of hydrogen-bond acceptors (Lipinski definition) is 6. The van der Waals surface area contributed by atoms with E-state index >= 15 is 0 Å². The fraction of sp³-hybridized carbons (Fsp3) is 1.00. The van der Waals surface area contributed by atoms with Gasteiger partial charge in [0.1, 0.15) is 9.84 Å². The highest BCUT2D eigenvalue weighted by molar-refractivity contribution is 7.91. The van der Waals surface area contributed by atoms with Crippen LogP contribution in [0.3, 0.4) is 0 Å². The van der Waals surface area contributed by atoms with Crippen molar-refractivity contribution in [3.8, 4) is 0 Å². The van der Waals surface area contributed by atoms with Gasteiger partial charge in [-0.3, -0.25) is 0 Å². The summed E-state index contributed by atoms with van der Waals surface area (Å²) in [6.45, 7) is 0.674. The lowest BCUT2D eigenvalue weighted by molar-refractivity contribution is 0.0784. The van der Waals surface area contributed by atoms with Crippen LogP contribution in [0.1, 0.15) is 0 Å². The number of rotatable bonds is 10. The number of methoxy groups -OCH3 is 1. The molecule has 0 aliphatic heterocycles. The zero-order chi connectivity index (χ0) is 13.4. The van der Waals surface area contributed by atoms with E-state index in [0.29, 0.717) is 13.2 Å². The standard InChI is InChI=1S/C8H19NO6S2/c1-14-4-5-15-6-8-17(12,13)9-3-7-16(2,10)11/h9H,3-8H2,1-2H3. The van der Waals surface area contributed by atoms with E-state index in [1.807, 2.05) is 0 Å². The van der Waals surface area contributed by atoms with E-state index in [-0.39, 0.29) is 24.7 Å². The minimum absolute atomic E-state index is 0.0531. The van der Waals surface area contributed by atoms with Crippen molar-refractivity contribution in [2.45, 2.75) is 0 Å². The molecule has 0 spiro atoms. The first-order valence-electron chi connectivity index (χ1n) is 4.98. The van der Waals surface area contributed by atoms with E-state index in [1.165, 1.54) is 7.11 Å². The Hall–Kier alpha value is -0.220. The molecule has 0 fully saturated rings. The second-order valence-electron chi connectivity index (χ2n) is 3.45. The third-order valence-electron chi connectivity index (χ3n) is 1.72. The lowest BCUT2D eigenvalue weighted by Gasteiger charge is -2.06. The highest BCUT2D eigenvalue weighted by atomic mass is 32.2. The summed E-state index contributed by atoms with van der Waals surface area (Å²) in [5.74, 6) is -0.406. The van der Waals surface area contributed by atoms with Gasteiger partial charge in [-0.15, -0.1) is 0 Å². The van der Waals surface area contributed by atoms with Crippen molar-refractivity contribution < 1.29 is 26.3 Å². The summed E-state index contributed by atoms with van der Waals surface area (Å²) in [4.78, 5) is 0. The van der Waals surface area contributed by atoms with Crippen LogP contribution in [-0.4, -0.2) is 68.1 Å². The second-order valence-corrected chi connectivity index (χ2v) is 7.63. The largest absolute Gasteiger partial charge is 0.382 e. The van der Waals surface area contributed by atoms with E-state index < -0.39 is 19.9 Å². The second kappa shape index (κ2) is 7.98. The van der Waals surface area contributed by atoms with Gasteiger partial charge in [0.25, 0.3) is 0 Å². The van der Waals surface area contributed by atoms with Crippen LogP contribution >= 0.6 is 0 Å². The lowest BCUT2D eigenvalue weighted by Crippen LogP contribution is -2.32. The Kier molecular flexibility index (Phi) is 7.88. The zero-order valence-corrected chi connectivity index (χ0v) is 11.6. The van der Waals surface area contributed by atoms with Crippen LogP contribution in [-0.2, 0) is 29.3 Å². The first kappa shape index (κ1) is 16.8. The molecule has 1 N–H and O–H groups in total. The Morgan fingerprint density at radius 3 is 2.18 bits per heavy atom. The van der Waals surface area contributed by atoms with Crippen LogP contribution in [0.5, 0.6) is 0 Å². The molecule has 104 valence electrons. The van der Waals surface area contributed by atoms with Crippen molar-refractivity contribution in [2.24, 2.45) is 0 Å². The van der Waals surface area contributed by atoms with E-state index in [1.54, 1.807) is 0 Å². The van der Waals surface area contributed by atoms with Gasteiger partial charge in [0.05, 0.1) is 31.3 Å². The summed E-state index contributed by atoms with van der Waals surface area (Å²) in [5, 5.41) is 0. The average molecular weight is 289 g/mol. The summed E-state index contributed by atoms with van der Waals surface area (Å²) in [5.41, 5.74) is 0. The Morgan fingerprint density at radius 1 is 1.00 bits per heavy atom. The fourth-order valence-corrected chi connectivity index (χ4v) is 2.36.